The van der Waals surface area contributed by atoms with Crippen LogP contribution < -0.4 is 4.90 Å². The van der Waals surface area contributed by atoms with Crippen LogP contribution in [0.3, 0.4) is 0 Å². The first-order valence-electron chi connectivity index (χ1n) is 6.65. The normalized spacial score (nSPS) is 27.1. The summed E-state index contributed by atoms with van der Waals surface area (Å²) in [6.07, 6.45) is -4.52. The third-order valence-electron chi connectivity index (χ3n) is 4.27. The van der Waals surface area contributed by atoms with Gasteiger partial charge in [0.2, 0.25) is 0 Å². The number of likely N-dealkylation sites (tertiary alicyclic amines) is 1. The molecule has 2 aliphatic heterocycles. The molecule has 6 heteroatoms. The van der Waals surface area contributed by atoms with E-state index < -0.39 is 17.6 Å². The Bertz CT molecular complexity index is 500. The zero-order valence-corrected chi connectivity index (χ0v) is 11.1. The lowest BCUT2D eigenvalue weighted by Gasteiger charge is -2.25. The molecule has 0 saturated carbocycles. The minimum atomic E-state index is -4.52. The highest BCUT2D eigenvalue weighted by atomic mass is 19.4. The Morgan fingerprint density at radius 2 is 1.65 bits per heavy atom. The van der Waals surface area contributed by atoms with Crippen LogP contribution in [0.4, 0.5) is 23.2 Å². The molecule has 2 saturated heterocycles. The summed E-state index contributed by atoms with van der Waals surface area (Å²) in [5.74, 6) is -0.0301. The van der Waals surface area contributed by atoms with E-state index in [4.69, 9.17) is 0 Å². The van der Waals surface area contributed by atoms with Crippen LogP contribution >= 0.6 is 0 Å². The van der Waals surface area contributed by atoms with Crippen LogP contribution in [0.5, 0.6) is 0 Å². The van der Waals surface area contributed by atoms with Crippen LogP contribution in [0.1, 0.15) is 5.56 Å². The second-order valence-corrected chi connectivity index (χ2v) is 5.81. The number of alkyl halides is 3. The Balaban J connectivity index is 1.89. The lowest BCUT2D eigenvalue weighted by Crippen LogP contribution is -2.28. The zero-order chi connectivity index (χ0) is 14.5. The summed E-state index contributed by atoms with van der Waals surface area (Å²) < 4.78 is 52.2. The van der Waals surface area contributed by atoms with Gasteiger partial charge in [0.15, 0.2) is 0 Å². The Labute approximate surface area is 115 Å². The van der Waals surface area contributed by atoms with Crippen molar-refractivity contribution in [2.75, 3.05) is 38.1 Å². The van der Waals surface area contributed by atoms with E-state index in [-0.39, 0.29) is 5.69 Å². The number of anilines is 1. The van der Waals surface area contributed by atoms with Crippen molar-refractivity contribution in [1.82, 2.24) is 4.90 Å². The van der Waals surface area contributed by atoms with Crippen molar-refractivity contribution >= 4 is 5.69 Å². The molecule has 1 aromatic carbocycles. The summed E-state index contributed by atoms with van der Waals surface area (Å²) in [6.45, 7) is 3.07. The number of benzene rings is 1. The molecule has 2 heterocycles. The average molecular weight is 288 g/mol. The molecule has 2 atom stereocenters. The fourth-order valence-corrected chi connectivity index (χ4v) is 3.44. The molecule has 2 aliphatic rings. The highest BCUT2D eigenvalue weighted by molar-refractivity contribution is 5.56. The predicted molar refractivity (Wildman–Crippen MR) is 68.1 cm³/mol. The molecule has 2 nitrogen and oxygen atoms in total. The largest absolute Gasteiger partial charge is 0.418 e. The van der Waals surface area contributed by atoms with E-state index in [1.165, 1.54) is 6.07 Å². The maximum atomic E-state index is 13.1. The summed E-state index contributed by atoms with van der Waals surface area (Å²) >= 11 is 0. The molecule has 1 aromatic rings. The first-order valence-corrected chi connectivity index (χ1v) is 6.65. The van der Waals surface area contributed by atoms with E-state index >= 15 is 0 Å². The van der Waals surface area contributed by atoms with Gasteiger partial charge in [-0.15, -0.1) is 0 Å². The molecule has 0 amide bonds. The minimum Gasteiger partial charge on any atom is -0.370 e. The lowest BCUT2D eigenvalue weighted by atomic mass is 10.0. The SMILES string of the molecule is CN1CC2CN(c3ccc(F)cc3C(F)(F)F)CC2C1. The van der Waals surface area contributed by atoms with Gasteiger partial charge in [-0.05, 0) is 37.1 Å². The van der Waals surface area contributed by atoms with Crippen molar-refractivity contribution < 1.29 is 17.6 Å². The molecule has 0 aliphatic carbocycles. The highest BCUT2D eigenvalue weighted by Gasteiger charge is 2.42. The first-order chi connectivity index (χ1) is 9.34. The van der Waals surface area contributed by atoms with Crippen LogP contribution in [-0.4, -0.2) is 38.1 Å². The van der Waals surface area contributed by atoms with Crippen molar-refractivity contribution in [3.63, 3.8) is 0 Å². The van der Waals surface area contributed by atoms with Gasteiger partial charge in [-0.1, -0.05) is 0 Å². The molecule has 0 bridgehead atoms. The molecule has 2 fully saturated rings. The van der Waals surface area contributed by atoms with Crippen molar-refractivity contribution in [2.24, 2.45) is 11.8 Å². The van der Waals surface area contributed by atoms with Crippen LogP contribution in [0.2, 0.25) is 0 Å². The molecule has 0 radical (unpaired) electrons. The summed E-state index contributed by atoms with van der Waals surface area (Å²) in [7, 11) is 2.03. The smallest absolute Gasteiger partial charge is 0.370 e. The van der Waals surface area contributed by atoms with E-state index in [0.29, 0.717) is 31.0 Å². The van der Waals surface area contributed by atoms with Gasteiger partial charge >= 0.3 is 6.18 Å². The summed E-state index contributed by atoms with van der Waals surface area (Å²) in [6, 6.07) is 2.95. The van der Waals surface area contributed by atoms with Crippen LogP contribution in [0.25, 0.3) is 0 Å². The summed E-state index contributed by atoms with van der Waals surface area (Å²) in [5, 5.41) is 0. The molecule has 0 aromatic heterocycles. The topological polar surface area (TPSA) is 6.48 Å². The molecule has 20 heavy (non-hydrogen) atoms. The molecule has 0 N–H and O–H groups in total. The minimum absolute atomic E-state index is 0.107. The van der Waals surface area contributed by atoms with E-state index in [1.54, 1.807) is 4.90 Å². The van der Waals surface area contributed by atoms with Crippen molar-refractivity contribution in [3.05, 3.63) is 29.6 Å². The summed E-state index contributed by atoms with van der Waals surface area (Å²) in [5.41, 5.74) is -0.762. The standard InChI is InChI=1S/C14H16F4N2/c1-19-5-9-7-20(8-10(9)6-19)13-3-2-11(15)4-12(13)14(16,17)18/h2-4,9-10H,5-8H2,1H3. The number of hydrogen-bond donors (Lipinski definition) is 0. The number of hydrogen-bond acceptors (Lipinski definition) is 2. The molecule has 0 spiro atoms. The summed E-state index contributed by atoms with van der Waals surface area (Å²) in [4.78, 5) is 3.96. The zero-order valence-electron chi connectivity index (χ0n) is 11.1. The van der Waals surface area contributed by atoms with E-state index in [1.807, 2.05) is 7.05 Å². The van der Waals surface area contributed by atoms with Crippen LogP contribution in [0.15, 0.2) is 18.2 Å². The van der Waals surface area contributed by atoms with E-state index in [9.17, 15) is 17.6 Å². The number of fused-ring (bicyclic) bond motifs is 1. The Morgan fingerprint density at radius 1 is 1.05 bits per heavy atom. The van der Waals surface area contributed by atoms with Gasteiger partial charge in [0.25, 0.3) is 0 Å². The molecule has 3 rings (SSSR count). The molecule has 2 unspecified atom stereocenters. The highest BCUT2D eigenvalue weighted by Crippen LogP contribution is 2.40. The van der Waals surface area contributed by atoms with Crippen LogP contribution in [-0.2, 0) is 6.18 Å². The van der Waals surface area contributed by atoms with Gasteiger partial charge in [-0.2, -0.15) is 13.2 Å². The lowest BCUT2D eigenvalue weighted by molar-refractivity contribution is -0.137. The average Bonchev–Trinajstić information content (AvgIpc) is 2.84. The Hall–Kier alpha value is -1.30. The molecule has 110 valence electrons. The first kappa shape index (κ1) is 13.7. The second kappa shape index (κ2) is 4.62. The molecular weight excluding hydrogens is 272 g/mol. The number of rotatable bonds is 1. The molecular formula is C14H16F4N2. The van der Waals surface area contributed by atoms with Gasteiger partial charge in [0.05, 0.1) is 5.56 Å². The van der Waals surface area contributed by atoms with Crippen molar-refractivity contribution in [1.29, 1.82) is 0 Å². The monoisotopic (exact) mass is 288 g/mol. The number of nitrogens with zero attached hydrogens (tertiary/aromatic N) is 2. The van der Waals surface area contributed by atoms with E-state index in [2.05, 4.69) is 4.90 Å². The fraction of sp³-hybridized carbons (Fsp3) is 0.571. The third kappa shape index (κ3) is 2.37. The Morgan fingerprint density at radius 3 is 2.20 bits per heavy atom. The fourth-order valence-electron chi connectivity index (χ4n) is 3.44. The maximum Gasteiger partial charge on any atom is 0.418 e. The quantitative estimate of drug-likeness (QED) is 0.733. The number of halogens is 4. The van der Waals surface area contributed by atoms with E-state index in [0.717, 1.165) is 19.2 Å². The van der Waals surface area contributed by atoms with Crippen LogP contribution in [0, 0.1) is 17.7 Å². The van der Waals surface area contributed by atoms with Gasteiger partial charge in [0.1, 0.15) is 5.82 Å². The van der Waals surface area contributed by atoms with Crippen molar-refractivity contribution in [2.45, 2.75) is 6.18 Å². The van der Waals surface area contributed by atoms with Gasteiger partial charge in [-0.25, -0.2) is 4.39 Å². The van der Waals surface area contributed by atoms with Gasteiger partial charge in [-0.3, -0.25) is 0 Å². The second-order valence-electron chi connectivity index (χ2n) is 5.81. The van der Waals surface area contributed by atoms with Gasteiger partial charge < -0.3 is 9.80 Å². The third-order valence-corrected chi connectivity index (χ3v) is 4.27. The maximum absolute atomic E-state index is 13.1. The van der Waals surface area contributed by atoms with Gasteiger partial charge in [0, 0.05) is 31.9 Å². The Kier molecular flexibility index (Phi) is 3.16. The van der Waals surface area contributed by atoms with Crippen molar-refractivity contribution in [3.8, 4) is 0 Å². The predicted octanol–water partition coefficient (Wildman–Crippen LogP) is 2.84.